The van der Waals surface area contributed by atoms with Crippen molar-refractivity contribution in [1.29, 1.82) is 5.26 Å². The van der Waals surface area contributed by atoms with Crippen molar-refractivity contribution in [2.24, 2.45) is 0 Å². The Morgan fingerprint density at radius 3 is 2.46 bits per heavy atom. The molecule has 0 spiro atoms. The Kier molecular flexibility index (Phi) is 6.82. The minimum Gasteiger partial charge on any atom is -0.344 e. The van der Waals surface area contributed by atoms with Crippen molar-refractivity contribution in [3.8, 4) is 11.8 Å². The Morgan fingerprint density at radius 2 is 1.79 bits per heavy atom. The lowest BCUT2D eigenvalue weighted by molar-refractivity contribution is -0.127. The quantitative estimate of drug-likeness (QED) is 0.551. The molecule has 7 heteroatoms. The van der Waals surface area contributed by atoms with Crippen LogP contribution in [-0.4, -0.2) is 44.9 Å². The van der Waals surface area contributed by atoms with Crippen LogP contribution in [0.2, 0.25) is 0 Å². The molecule has 0 bridgehead atoms. The van der Waals surface area contributed by atoms with Gasteiger partial charge in [-0.1, -0.05) is 60.3 Å². The monoisotopic (exact) mass is 391 g/mol. The highest BCUT2D eigenvalue weighted by Crippen LogP contribution is 2.23. The van der Waals surface area contributed by atoms with Crippen molar-refractivity contribution >= 4 is 17.7 Å². The Labute approximate surface area is 168 Å². The summed E-state index contributed by atoms with van der Waals surface area (Å²) in [4.78, 5) is 13.9. The summed E-state index contributed by atoms with van der Waals surface area (Å²) >= 11 is 1.36. The first-order valence-corrected chi connectivity index (χ1v) is 9.95. The Morgan fingerprint density at radius 1 is 1.11 bits per heavy atom. The molecule has 0 radical (unpaired) electrons. The molecular formula is C21H21N5OS. The fourth-order valence-corrected chi connectivity index (χ4v) is 3.61. The molecule has 3 aromatic rings. The van der Waals surface area contributed by atoms with Crippen LogP contribution < -0.4 is 0 Å². The van der Waals surface area contributed by atoms with Gasteiger partial charge in [-0.05, 0) is 17.7 Å². The number of carbonyl (C=O) groups is 1. The normalized spacial score (nSPS) is 10.4. The minimum absolute atomic E-state index is 0.0347. The van der Waals surface area contributed by atoms with Crippen molar-refractivity contribution < 1.29 is 4.79 Å². The molecule has 0 fully saturated rings. The Hall–Kier alpha value is -3.11. The van der Waals surface area contributed by atoms with Crippen LogP contribution in [0.5, 0.6) is 0 Å². The maximum atomic E-state index is 12.3. The largest absolute Gasteiger partial charge is 0.344 e. The first kappa shape index (κ1) is 19.6. The van der Waals surface area contributed by atoms with Crippen molar-refractivity contribution in [2.45, 2.75) is 18.0 Å². The minimum atomic E-state index is -0.0347. The van der Waals surface area contributed by atoms with Gasteiger partial charge in [-0.2, -0.15) is 5.26 Å². The van der Waals surface area contributed by atoms with E-state index in [-0.39, 0.29) is 11.7 Å². The van der Waals surface area contributed by atoms with Crippen molar-refractivity contribution in [2.75, 3.05) is 19.3 Å². The number of nitriles is 1. The summed E-state index contributed by atoms with van der Waals surface area (Å²) in [6, 6.07) is 22.1. The second-order valence-electron chi connectivity index (χ2n) is 6.24. The van der Waals surface area contributed by atoms with Gasteiger partial charge < -0.3 is 4.90 Å². The maximum absolute atomic E-state index is 12.3. The van der Waals surface area contributed by atoms with E-state index in [9.17, 15) is 4.79 Å². The van der Waals surface area contributed by atoms with Gasteiger partial charge in [-0.15, -0.1) is 10.2 Å². The number of benzene rings is 2. The predicted molar refractivity (Wildman–Crippen MR) is 109 cm³/mol. The lowest BCUT2D eigenvalue weighted by Gasteiger charge is -2.15. The molecule has 0 N–H and O–H groups in total. The van der Waals surface area contributed by atoms with Gasteiger partial charge in [-0.3, -0.25) is 9.36 Å². The average molecular weight is 392 g/mol. The highest BCUT2D eigenvalue weighted by atomic mass is 32.2. The van der Waals surface area contributed by atoms with Gasteiger partial charge in [0.1, 0.15) is 5.82 Å². The number of thioether (sulfide) groups is 1. The van der Waals surface area contributed by atoms with Crippen LogP contribution in [0.1, 0.15) is 17.8 Å². The predicted octanol–water partition coefficient (Wildman–Crippen LogP) is 3.32. The van der Waals surface area contributed by atoms with Gasteiger partial charge >= 0.3 is 0 Å². The highest BCUT2D eigenvalue weighted by molar-refractivity contribution is 7.99. The molecule has 1 heterocycles. The topological polar surface area (TPSA) is 74.8 Å². The number of rotatable bonds is 8. The molecule has 0 aliphatic carbocycles. The van der Waals surface area contributed by atoms with Gasteiger partial charge in [0, 0.05) is 25.7 Å². The van der Waals surface area contributed by atoms with E-state index in [1.807, 2.05) is 53.1 Å². The van der Waals surface area contributed by atoms with E-state index < -0.39 is 0 Å². The van der Waals surface area contributed by atoms with E-state index in [0.29, 0.717) is 24.5 Å². The fraction of sp³-hybridized carbons (Fsp3) is 0.238. The number of carbonyl (C=O) groups excluding carboxylic acids is 1. The van der Waals surface area contributed by atoms with Crippen LogP contribution in [0.4, 0.5) is 0 Å². The zero-order chi connectivity index (χ0) is 19.8. The average Bonchev–Trinajstić information content (AvgIpc) is 3.13. The lowest BCUT2D eigenvalue weighted by Crippen LogP contribution is -2.29. The number of amides is 1. The molecule has 6 nitrogen and oxygen atoms in total. The van der Waals surface area contributed by atoms with E-state index in [2.05, 4.69) is 28.4 Å². The molecule has 2 aromatic carbocycles. The Balaban J connectivity index is 1.81. The van der Waals surface area contributed by atoms with E-state index in [1.165, 1.54) is 11.8 Å². The molecule has 0 saturated heterocycles. The molecule has 142 valence electrons. The van der Waals surface area contributed by atoms with Crippen LogP contribution in [0.15, 0.2) is 65.8 Å². The zero-order valence-electron chi connectivity index (χ0n) is 15.7. The smallest absolute Gasteiger partial charge is 0.232 e. The number of hydrogen-bond acceptors (Lipinski definition) is 5. The summed E-state index contributed by atoms with van der Waals surface area (Å²) in [5.41, 5.74) is 2.11. The van der Waals surface area contributed by atoms with Crippen LogP contribution in [0, 0.1) is 11.3 Å². The standard InChI is InChI=1S/C21H21N5OS/c1-25(14-8-13-22)20(27)16-28-21-24-23-19(15-17-9-4-2-5-10-17)26(21)18-11-6-3-7-12-18/h2-7,9-12H,8,14-16H2,1H3. The third kappa shape index (κ3) is 4.99. The van der Waals surface area contributed by atoms with Crippen LogP contribution in [0.3, 0.4) is 0 Å². The maximum Gasteiger partial charge on any atom is 0.232 e. The van der Waals surface area contributed by atoms with E-state index in [0.717, 1.165) is 17.1 Å². The molecule has 1 amide bonds. The summed E-state index contributed by atoms with van der Waals surface area (Å²) in [6.45, 7) is 0.431. The van der Waals surface area contributed by atoms with Gasteiger partial charge in [-0.25, -0.2) is 0 Å². The molecule has 3 rings (SSSR count). The second-order valence-corrected chi connectivity index (χ2v) is 7.19. The van der Waals surface area contributed by atoms with E-state index in [1.54, 1.807) is 11.9 Å². The second kappa shape index (κ2) is 9.72. The van der Waals surface area contributed by atoms with Gasteiger partial charge in [0.2, 0.25) is 5.91 Å². The summed E-state index contributed by atoms with van der Waals surface area (Å²) in [5, 5.41) is 18.1. The third-order valence-corrected chi connectivity index (χ3v) is 5.14. The van der Waals surface area contributed by atoms with Crippen LogP contribution in [-0.2, 0) is 11.2 Å². The molecule has 0 unspecified atom stereocenters. The molecule has 0 aliphatic heterocycles. The first-order chi connectivity index (χ1) is 13.7. The van der Waals surface area contributed by atoms with Crippen molar-refractivity contribution in [3.05, 3.63) is 72.1 Å². The molecule has 1 aromatic heterocycles. The van der Waals surface area contributed by atoms with Crippen LogP contribution in [0.25, 0.3) is 5.69 Å². The van der Waals surface area contributed by atoms with Crippen molar-refractivity contribution in [3.63, 3.8) is 0 Å². The molecule has 28 heavy (non-hydrogen) atoms. The van der Waals surface area contributed by atoms with Crippen LogP contribution >= 0.6 is 11.8 Å². The lowest BCUT2D eigenvalue weighted by atomic mass is 10.1. The summed E-state index contributed by atoms with van der Waals surface area (Å²) in [6.07, 6.45) is 0.980. The molecule has 0 saturated carbocycles. The molecule has 0 aliphatic rings. The number of hydrogen-bond donors (Lipinski definition) is 0. The number of para-hydroxylation sites is 1. The summed E-state index contributed by atoms with van der Waals surface area (Å²) < 4.78 is 2.00. The zero-order valence-corrected chi connectivity index (χ0v) is 16.5. The third-order valence-electron chi connectivity index (χ3n) is 4.23. The van der Waals surface area contributed by atoms with E-state index >= 15 is 0 Å². The number of aromatic nitrogens is 3. The van der Waals surface area contributed by atoms with Crippen molar-refractivity contribution in [1.82, 2.24) is 19.7 Å². The number of nitrogens with zero attached hydrogens (tertiary/aromatic N) is 5. The Bertz CT molecular complexity index is 950. The summed E-state index contributed by atoms with van der Waals surface area (Å²) in [5.74, 6) is 1.04. The van der Waals surface area contributed by atoms with Gasteiger partial charge in [0.25, 0.3) is 0 Å². The molecular weight excluding hydrogens is 370 g/mol. The van der Waals surface area contributed by atoms with Gasteiger partial charge in [0.15, 0.2) is 5.16 Å². The SMILES string of the molecule is CN(CCC#N)C(=O)CSc1nnc(Cc2ccccc2)n1-c1ccccc1. The molecule has 0 atom stereocenters. The first-order valence-electron chi connectivity index (χ1n) is 8.96. The van der Waals surface area contributed by atoms with E-state index in [4.69, 9.17) is 5.26 Å². The highest BCUT2D eigenvalue weighted by Gasteiger charge is 2.17. The summed E-state index contributed by atoms with van der Waals surface area (Å²) in [7, 11) is 1.71. The van der Waals surface area contributed by atoms with Gasteiger partial charge in [0.05, 0.1) is 18.2 Å². The fourth-order valence-electron chi connectivity index (χ4n) is 2.70.